The molecule has 5 nitrogen and oxygen atoms in total. The number of para-hydroxylation sites is 1. The van der Waals surface area contributed by atoms with Gasteiger partial charge in [-0.3, -0.25) is 0 Å². The minimum Gasteiger partial charge on any atom is -0.368 e. The van der Waals surface area contributed by atoms with Gasteiger partial charge in [0.25, 0.3) is 0 Å². The number of rotatable bonds is 16. The van der Waals surface area contributed by atoms with E-state index in [4.69, 9.17) is 10.1 Å². The van der Waals surface area contributed by atoms with Gasteiger partial charge in [-0.05, 0) is 48.8 Å². The monoisotopic (exact) mass is 594 g/mol. The molecule has 2 heterocycles. The molecule has 6 heteroatoms. The van der Waals surface area contributed by atoms with Crippen molar-refractivity contribution in [3.8, 4) is 0 Å². The van der Waals surface area contributed by atoms with E-state index in [1.54, 1.807) is 16.3 Å². The van der Waals surface area contributed by atoms with Crippen LogP contribution < -0.4 is 9.91 Å². The molecule has 2 aromatic rings. The van der Waals surface area contributed by atoms with Crippen LogP contribution in [0.25, 0.3) is 6.08 Å². The van der Waals surface area contributed by atoms with Gasteiger partial charge in [-0.15, -0.1) is 0 Å². The van der Waals surface area contributed by atoms with Crippen LogP contribution in [0.3, 0.4) is 0 Å². The first-order chi connectivity index (χ1) is 20.0. The number of aliphatic hydroxyl groups is 1. The second kappa shape index (κ2) is 16.0. The standard InChI is InChI=1S/C36H58N4OS/c1-10-14-19-27(12-3)24-39(25-28(13-4)20-15-11-2)35-37-33(36(7,8)9)31(42-35)23-30-32(26(5)6)38-40(34(30)41)29-21-17-16-18-22-29/h16-18,21-23,26-28,34,41H,10-15,19-20,24-25H2,1-9H3/b30-23-. The van der Waals surface area contributed by atoms with Gasteiger partial charge in [0.1, 0.15) is 0 Å². The Morgan fingerprint density at radius 1 is 0.952 bits per heavy atom. The van der Waals surface area contributed by atoms with E-state index < -0.39 is 6.23 Å². The number of aliphatic hydroxyl groups excluding tert-OH is 1. The van der Waals surface area contributed by atoms with E-state index in [2.05, 4.69) is 73.3 Å². The van der Waals surface area contributed by atoms with Gasteiger partial charge in [0.15, 0.2) is 11.4 Å². The SMILES string of the molecule is CCCCC(CC)CN(CC(CC)CCCC)c1nc(C(C)(C)C)c(/C=C2/C(C(C)C)=NN(c3ccccc3)C2O)s1. The van der Waals surface area contributed by atoms with Gasteiger partial charge in [-0.1, -0.05) is 130 Å². The highest BCUT2D eigenvalue weighted by Gasteiger charge is 2.34. The Hall–Kier alpha value is -2.18. The fraction of sp³-hybridized carbons (Fsp3) is 0.667. The third-order valence-electron chi connectivity index (χ3n) is 8.54. The lowest BCUT2D eigenvalue weighted by Gasteiger charge is -2.30. The average molecular weight is 595 g/mol. The first-order valence-electron chi connectivity index (χ1n) is 16.6. The maximum Gasteiger partial charge on any atom is 0.186 e. The number of unbranched alkanes of at least 4 members (excludes halogenated alkanes) is 2. The number of nitrogens with zero attached hydrogens (tertiary/aromatic N) is 4. The van der Waals surface area contributed by atoms with Crippen LogP contribution in [0.15, 0.2) is 41.0 Å². The van der Waals surface area contributed by atoms with Crippen molar-refractivity contribution in [2.75, 3.05) is 23.0 Å². The molecule has 1 aliphatic rings. The number of anilines is 2. The maximum absolute atomic E-state index is 11.6. The number of hydrazone groups is 1. The minimum atomic E-state index is -0.823. The molecule has 3 unspecified atom stereocenters. The summed E-state index contributed by atoms with van der Waals surface area (Å²) in [5.74, 6) is 1.54. The summed E-state index contributed by atoms with van der Waals surface area (Å²) in [5, 5.41) is 19.4. The molecule has 1 aromatic carbocycles. The second-order valence-electron chi connectivity index (χ2n) is 13.5. The van der Waals surface area contributed by atoms with Crippen molar-refractivity contribution in [2.24, 2.45) is 22.9 Å². The van der Waals surface area contributed by atoms with E-state index >= 15 is 0 Å². The topological polar surface area (TPSA) is 52.0 Å². The molecule has 0 saturated heterocycles. The number of thiazole rings is 1. The van der Waals surface area contributed by atoms with Crippen LogP contribution in [0, 0.1) is 17.8 Å². The first-order valence-corrected chi connectivity index (χ1v) is 17.4. The molecule has 234 valence electrons. The summed E-state index contributed by atoms with van der Waals surface area (Å²) in [6, 6.07) is 9.98. The number of hydrogen-bond acceptors (Lipinski definition) is 6. The number of benzene rings is 1. The minimum absolute atomic E-state index is 0.122. The molecule has 1 aliphatic heterocycles. The van der Waals surface area contributed by atoms with E-state index in [0.29, 0.717) is 11.8 Å². The number of aromatic nitrogens is 1. The third-order valence-corrected chi connectivity index (χ3v) is 9.61. The van der Waals surface area contributed by atoms with Gasteiger partial charge in [-0.25, -0.2) is 9.99 Å². The van der Waals surface area contributed by atoms with Crippen molar-refractivity contribution in [2.45, 2.75) is 125 Å². The van der Waals surface area contributed by atoms with Crippen LogP contribution in [0.2, 0.25) is 0 Å². The zero-order chi connectivity index (χ0) is 30.9. The molecule has 0 fully saturated rings. The zero-order valence-electron chi connectivity index (χ0n) is 28.0. The molecule has 0 spiro atoms. The van der Waals surface area contributed by atoms with Gasteiger partial charge < -0.3 is 10.0 Å². The van der Waals surface area contributed by atoms with Crippen molar-refractivity contribution < 1.29 is 5.11 Å². The van der Waals surface area contributed by atoms with Crippen LogP contribution in [0.1, 0.15) is 124 Å². The molecule has 42 heavy (non-hydrogen) atoms. The molecule has 1 aromatic heterocycles. The molecular formula is C36H58N4OS. The highest BCUT2D eigenvalue weighted by molar-refractivity contribution is 7.16. The van der Waals surface area contributed by atoms with Gasteiger partial charge in [0.2, 0.25) is 0 Å². The van der Waals surface area contributed by atoms with Gasteiger partial charge in [0.05, 0.1) is 22.0 Å². The van der Waals surface area contributed by atoms with Crippen molar-refractivity contribution in [1.82, 2.24) is 4.98 Å². The average Bonchev–Trinajstić information content (AvgIpc) is 3.54. The number of hydrogen-bond donors (Lipinski definition) is 1. The Labute approximate surface area is 261 Å². The second-order valence-corrected chi connectivity index (χ2v) is 14.5. The lowest BCUT2D eigenvalue weighted by atomic mass is 9.90. The lowest BCUT2D eigenvalue weighted by Crippen LogP contribution is -2.34. The molecular weight excluding hydrogens is 536 g/mol. The van der Waals surface area contributed by atoms with Crippen molar-refractivity contribution in [3.05, 3.63) is 46.5 Å². The molecule has 0 radical (unpaired) electrons. The van der Waals surface area contributed by atoms with E-state index in [0.717, 1.165) is 45.8 Å². The predicted octanol–water partition coefficient (Wildman–Crippen LogP) is 9.91. The Morgan fingerprint density at radius 2 is 1.52 bits per heavy atom. The summed E-state index contributed by atoms with van der Waals surface area (Å²) in [5.41, 5.74) is 3.70. The molecule has 0 aliphatic carbocycles. The van der Waals surface area contributed by atoms with Gasteiger partial charge >= 0.3 is 0 Å². The van der Waals surface area contributed by atoms with Crippen molar-refractivity contribution in [1.29, 1.82) is 0 Å². The fourth-order valence-electron chi connectivity index (χ4n) is 5.79. The summed E-state index contributed by atoms with van der Waals surface area (Å²) >= 11 is 1.80. The van der Waals surface area contributed by atoms with E-state index in [1.807, 2.05) is 30.3 Å². The molecule has 0 saturated carbocycles. The highest BCUT2D eigenvalue weighted by atomic mass is 32.1. The zero-order valence-corrected chi connectivity index (χ0v) is 28.8. The van der Waals surface area contributed by atoms with E-state index in [9.17, 15) is 5.11 Å². The normalized spacial score (nSPS) is 18.2. The molecule has 1 N–H and O–H groups in total. The summed E-state index contributed by atoms with van der Waals surface area (Å²) in [7, 11) is 0. The summed E-state index contributed by atoms with van der Waals surface area (Å²) < 4.78 is 0. The van der Waals surface area contributed by atoms with Gasteiger partial charge in [-0.2, -0.15) is 5.10 Å². The fourth-order valence-corrected chi connectivity index (χ4v) is 7.04. The molecule has 0 amide bonds. The van der Waals surface area contributed by atoms with Crippen molar-refractivity contribution in [3.63, 3.8) is 0 Å². The Morgan fingerprint density at radius 3 is 2.00 bits per heavy atom. The van der Waals surface area contributed by atoms with Gasteiger partial charge in [0, 0.05) is 24.1 Å². The largest absolute Gasteiger partial charge is 0.368 e. The molecule has 3 atom stereocenters. The maximum atomic E-state index is 11.6. The predicted molar refractivity (Wildman–Crippen MR) is 185 cm³/mol. The highest BCUT2D eigenvalue weighted by Crippen LogP contribution is 2.39. The molecule has 0 bridgehead atoms. The molecule has 3 rings (SSSR count). The summed E-state index contributed by atoms with van der Waals surface area (Å²) in [6.45, 7) is 22.5. The van der Waals surface area contributed by atoms with Crippen molar-refractivity contribution >= 4 is 33.9 Å². The Balaban J connectivity index is 2.06. The Bertz CT molecular complexity index is 1130. The third kappa shape index (κ3) is 8.92. The van der Waals surface area contributed by atoms with Crippen LogP contribution >= 0.6 is 11.3 Å². The lowest BCUT2D eigenvalue weighted by molar-refractivity contribution is 0.219. The van der Waals surface area contributed by atoms with E-state index in [1.165, 1.54) is 51.4 Å². The van der Waals surface area contributed by atoms with Crippen LogP contribution in [-0.4, -0.2) is 35.1 Å². The van der Waals surface area contributed by atoms with Crippen LogP contribution in [0.5, 0.6) is 0 Å². The smallest absolute Gasteiger partial charge is 0.186 e. The van der Waals surface area contributed by atoms with E-state index in [-0.39, 0.29) is 11.3 Å². The quantitative estimate of drug-likeness (QED) is 0.210. The first kappa shape index (κ1) is 34.3. The summed E-state index contributed by atoms with van der Waals surface area (Å²) in [6.07, 6.45) is 11.4. The summed E-state index contributed by atoms with van der Waals surface area (Å²) in [4.78, 5) is 9.16. The van der Waals surface area contributed by atoms with Crippen LogP contribution in [-0.2, 0) is 5.41 Å². The van der Waals surface area contributed by atoms with Crippen LogP contribution in [0.4, 0.5) is 10.8 Å². The Kier molecular flexibility index (Phi) is 13.1.